The molecule has 0 N–H and O–H groups in total. The van der Waals surface area contributed by atoms with Crippen LogP contribution in [0.5, 0.6) is 0 Å². The van der Waals surface area contributed by atoms with E-state index in [9.17, 15) is 0 Å². The number of benzene rings is 9. The number of rotatable bonds is 5. The number of hydrogen-bond acceptors (Lipinski definition) is 5. The van der Waals surface area contributed by atoms with Gasteiger partial charge in [-0.05, 0) is 76.5 Å². The molecule has 9 aromatic carbocycles. The Labute approximate surface area is 353 Å². The molecule has 4 heterocycles. The average Bonchev–Trinajstić information content (AvgIpc) is 4.01. The van der Waals surface area contributed by atoms with Gasteiger partial charge in [-0.15, -0.1) is 11.3 Å². The molecule has 61 heavy (non-hydrogen) atoms. The molecular weight excluding hydrogens is 765 g/mol. The predicted molar refractivity (Wildman–Crippen MR) is 254 cm³/mol. The summed E-state index contributed by atoms with van der Waals surface area (Å²) in [4.78, 5) is 15.8. The Balaban J connectivity index is 1.07. The van der Waals surface area contributed by atoms with E-state index in [4.69, 9.17) is 19.4 Å². The van der Waals surface area contributed by atoms with Crippen LogP contribution in [0.3, 0.4) is 0 Å². The summed E-state index contributed by atoms with van der Waals surface area (Å²) in [6, 6.07) is 68.4. The first-order valence-corrected chi connectivity index (χ1v) is 21.2. The second-order valence-corrected chi connectivity index (χ2v) is 16.6. The molecule has 0 spiro atoms. The number of para-hydroxylation sites is 2. The largest absolute Gasteiger partial charge is 0.454 e. The molecule has 13 rings (SSSR count). The molecule has 5 nitrogen and oxygen atoms in total. The minimum absolute atomic E-state index is 0.582. The molecule has 0 fully saturated rings. The lowest BCUT2D eigenvalue weighted by Crippen LogP contribution is -2.01. The maximum absolute atomic E-state index is 6.93. The fourth-order valence-electron chi connectivity index (χ4n) is 9.24. The van der Waals surface area contributed by atoms with Gasteiger partial charge in [0, 0.05) is 58.4 Å². The van der Waals surface area contributed by atoms with E-state index >= 15 is 0 Å². The van der Waals surface area contributed by atoms with E-state index in [1.54, 1.807) is 11.3 Å². The van der Waals surface area contributed by atoms with Crippen molar-refractivity contribution in [2.45, 2.75) is 0 Å². The maximum atomic E-state index is 6.93. The standard InChI is InChI=1S/C55H32N4OS/c1-2-12-33(13-3-1)34-22-24-36(25-23-34)53-56-54(37-27-31-49-43(32-37)39-16-8-11-21-48(39)61-49)58-55(57-53)42-28-30-46(52-51(42)41-18-7-10-20-47(41)60-52)59-44-19-9-6-17-40(44)50-38-15-5-4-14-35(38)26-29-45(50)59/h1-32H. The van der Waals surface area contributed by atoms with Gasteiger partial charge in [-0.2, -0.15) is 0 Å². The Bertz CT molecular complexity index is 3880. The minimum Gasteiger partial charge on any atom is -0.454 e. The zero-order chi connectivity index (χ0) is 40.0. The van der Waals surface area contributed by atoms with Gasteiger partial charge in [0.05, 0.1) is 16.7 Å². The van der Waals surface area contributed by atoms with Crippen molar-refractivity contribution in [1.82, 2.24) is 19.5 Å². The van der Waals surface area contributed by atoms with Crippen LogP contribution in [0.25, 0.3) is 126 Å². The van der Waals surface area contributed by atoms with Crippen molar-refractivity contribution in [1.29, 1.82) is 0 Å². The fraction of sp³-hybridized carbons (Fsp3) is 0. The molecule has 0 aliphatic carbocycles. The van der Waals surface area contributed by atoms with Gasteiger partial charge < -0.3 is 8.98 Å². The highest BCUT2D eigenvalue weighted by Crippen LogP contribution is 2.44. The first-order valence-electron chi connectivity index (χ1n) is 20.4. The van der Waals surface area contributed by atoms with E-state index in [-0.39, 0.29) is 0 Å². The summed E-state index contributed by atoms with van der Waals surface area (Å²) in [7, 11) is 0. The lowest BCUT2D eigenvalue weighted by atomic mass is 10.0. The Kier molecular flexibility index (Phi) is 7.41. The molecule has 0 saturated carbocycles. The van der Waals surface area contributed by atoms with Crippen molar-refractivity contribution < 1.29 is 4.42 Å². The second kappa shape index (κ2) is 13.3. The number of aromatic nitrogens is 4. The third-order valence-electron chi connectivity index (χ3n) is 12.1. The Morgan fingerprint density at radius 2 is 1.03 bits per heavy atom. The van der Waals surface area contributed by atoms with Crippen molar-refractivity contribution in [3.8, 4) is 51.0 Å². The molecule has 6 heteroatoms. The van der Waals surface area contributed by atoms with E-state index in [0.29, 0.717) is 17.5 Å². The molecule has 0 atom stereocenters. The summed E-state index contributed by atoms with van der Waals surface area (Å²) in [5, 5.41) is 9.25. The monoisotopic (exact) mass is 796 g/mol. The van der Waals surface area contributed by atoms with E-state index in [2.05, 4.69) is 180 Å². The molecule has 0 saturated heterocycles. The number of hydrogen-bond donors (Lipinski definition) is 0. The highest BCUT2D eigenvalue weighted by molar-refractivity contribution is 7.25. The van der Waals surface area contributed by atoms with Crippen LogP contribution in [0.4, 0.5) is 0 Å². The predicted octanol–water partition coefficient (Wildman–Crippen LogP) is 15.1. The average molecular weight is 797 g/mol. The van der Waals surface area contributed by atoms with E-state index in [0.717, 1.165) is 66.5 Å². The van der Waals surface area contributed by atoms with Gasteiger partial charge in [0.25, 0.3) is 0 Å². The van der Waals surface area contributed by atoms with Crippen LogP contribution in [-0.2, 0) is 0 Å². The van der Waals surface area contributed by atoms with Gasteiger partial charge >= 0.3 is 0 Å². The van der Waals surface area contributed by atoms with Crippen molar-refractivity contribution >= 4 is 86.0 Å². The van der Waals surface area contributed by atoms with Crippen molar-refractivity contribution in [3.05, 3.63) is 194 Å². The molecule has 0 radical (unpaired) electrons. The normalized spacial score (nSPS) is 11.9. The summed E-state index contributed by atoms with van der Waals surface area (Å²) in [5.41, 5.74) is 9.78. The number of thiophene rings is 1. The number of nitrogens with zero attached hydrogens (tertiary/aromatic N) is 4. The van der Waals surface area contributed by atoms with E-state index < -0.39 is 0 Å². The van der Waals surface area contributed by atoms with Crippen LogP contribution in [0.1, 0.15) is 0 Å². The van der Waals surface area contributed by atoms with Gasteiger partial charge in [0.1, 0.15) is 5.58 Å². The first kappa shape index (κ1) is 34.0. The van der Waals surface area contributed by atoms with Crippen molar-refractivity contribution in [2.24, 2.45) is 0 Å². The Morgan fingerprint density at radius 1 is 0.393 bits per heavy atom. The lowest BCUT2D eigenvalue weighted by Gasteiger charge is -2.13. The summed E-state index contributed by atoms with van der Waals surface area (Å²) in [6.07, 6.45) is 0. The lowest BCUT2D eigenvalue weighted by molar-refractivity contribution is 0.666. The Hall–Kier alpha value is -7.93. The third-order valence-corrected chi connectivity index (χ3v) is 13.2. The van der Waals surface area contributed by atoms with Gasteiger partial charge in [-0.1, -0.05) is 140 Å². The van der Waals surface area contributed by atoms with Crippen molar-refractivity contribution in [2.75, 3.05) is 0 Å². The zero-order valence-corrected chi connectivity index (χ0v) is 33.4. The van der Waals surface area contributed by atoms with Crippen LogP contribution < -0.4 is 0 Å². The molecular formula is C55H32N4OS. The molecule has 284 valence electrons. The number of furan rings is 1. The van der Waals surface area contributed by atoms with Crippen LogP contribution in [-0.4, -0.2) is 19.5 Å². The van der Waals surface area contributed by atoms with Gasteiger partial charge in [-0.3, -0.25) is 0 Å². The molecule has 13 aromatic rings. The van der Waals surface area contributed by atoms with Crippen molar-refractivity contribution in [3.63, 3.8) is 0 Å². The summed E-state index contributed by atoms with van der Waals surface area (Å²) < 4.78 is 11.8. The van der Waals surface area contributed by atoms with Crippen LogP contribution >= 0.6 is 11.3 Å². The van der Waals surface area contributed by atoms with Gasteiger partial charge in [-0.25, -0.2) is 15.0 Å². The SMILES string of the molecule is c1ccc(-c2ccc(-c3nc(-c4ccc5sc6ccccc6c5c4)nc(-c4ccc(-n5c6ccccc6c6c7ccccc7ccc65)c5oc6ccccc6c45)n3)cc2)cc1. The molecule has 0 unspecified atom stereocenters. The minimum atomic E-state index is 0.582. The van der Waals surface area contributed by atoms with E-state index in [1.807, 2.05) is 18.2 Å². The first-order chi connectivity index (χ1) is 30.2. The summed E-state index contributed by atoms with van der Waals surface area (Å²) in [5.74, 6) is 1.80. The quantitative estimate of drug-likeness (QED) is 0.174. The molecule has 4 aromatic heterocycles. The topological polar surface area (TPSA) is 56.7 Å². The Morgan fingerprint density at radius 3 is 1.90 bits per heavy atom. The van der Waals surface area contributed by atoms with E-state index in [1.165, 1.54) is 41.7 Å². The molecule has 0 amide bonds. The van der Waals surface area contributed by atoms with Crippen LogP contribution in [0, 0.1) is 0 Å². The molecule has 0 aliphatic rings. The van der Waals surface area contributed by atoms with Crippen LogP contribution in [0.15, 0.2) is 199 Å². The fourth-order valence-corrected chi connectivity index (χ4v) is 10.3. The highest BCUT2D eigenvalue weighted by Gasteiger charge is 2.23. The van der Waals surface area contributed by atoms with Crippen LogP contribution in [0.2, 0.25) is 0 Å². The third kappa shape index (κ3) is 5.29. The number of fused-ring (bicyclic) bond motifs is 11. The molecule has 0 aliphatic heterocycles. The second-order valence-electron chi connectivity index (χ2n) is 15.5. The smallest absolute Gasteiger partial charge is 0.164 e. The highest BCUT2D eigenvalue weighted by atomic mass is 32.1. The van der Waals surface area contributed by atoms with Gasteiger partial charge in [0.2, 0.25) is 0 Å². The maximum Gasteiger partial charge on any atom is 0.164 e. The van der Waals surface area contributed by atoms with Gasteiger partial charge in [0.15, 0.2) is 23.1 Å². The zero-order valence-electron chi connectivity index (χ0n) is 32.6. The summed E-state index contributed by atoms with van der Waals surface area (Å²) in [6.45, 7) is 0. The molecule has 0 bridgehead atoms. The summed E-state index contributed by atoms with van der Waals surface area (Å²) >= 11 is 1.80.